The quantitative estimate of drug-likeness (QED) is 0.548. The third-order valence-electron chi connectivity index (χ3n) is 1.58. The first-order valence-electron chi connectivity index (χ1n) is 3.81. The molecule has 0 aromatic heterocycles. The van der Waals surface area contributed by atoms with Gasteiger partial charge in [0, 0.05) is 0 Å². The lowest BCUT2D eigenvalue weighted by Gasteiger charge is -1.97. The van der Waals surface area contributed by atoms with Crippen molar-refractivity contribution in [1.29, 1.82) is 0 Å². The van der Waals surface area contributed by atoms with Gasteiger partial charge in [-0.1, -0.05) is 53.1 Å². The van der Waals surface area contributed by atoms with Gasteiger partial charge in [-0.2, -0.15) is 0 Å². The molecule has 0 fully saturated rings. The summed E-state index contributed by atoms with van der Waals surface area (Å²) in [5.74, 6) is 0. The second kappa shape index (κ2) is 5.74. The molecule has 0 amide bonds. The molecule has 0 N–H and O–H groups in total. The Morgan fingerprint density at radius 3 is 2.55 bits per heavy atom. The third-order valence-corrected chi connectivity index (χ3v) is 3.31. The standard InChI is InChI=1S/C9H12BrP/c10-11-8-4-7-9-5-2-1-3-6-9/h1-3,5-6,11H,4,7-8H2. The predicted molar refractivity (Wildman–Crippen MR) is 56.9 cm³/mol. The zero-order valence-electron chi connectivity index (χ0n) is 6.39. The summed E-state index contributed by atoms with van der Waals surface area (Å²) in [6.07, 6.45) is 3.82. The van der Waals surface area contributed by atoms with Gasteiger partial charge in [0.05, 0.1) is 0 Å². The van der Waals surface area contributed by atoms with Crippen LogP contribution >= 0.6 is 22.8 Å². The minimum Gasteiger partial charge on any atom is -0.0642 e. The van der Waals surface area contributed by atoms with Gasteiger partial charge < -0.3 is 0 Å². The van der Waals surface area contributed by atoms with Gasteiger partial charge >= 0.3 is 0 Å². The van der Waals surface area contributed by atoms with Crippen LogP contribution in [0.5, 0.6) is 0 Å². The molecule has 0 nitrogen and oxygen atoms in total. The fourth-order valence-electron chi connectivity index (χ4n) is 1.00. The highest BCUT2D eigenvalue weighted by atomic mass is 79.9. The summed E-state index contributed by atoms with van der Waals surface area (Å²) in [6.45, 7) is 0. The molecule has 0 spiro atoms. The average Bonchev–Trinajstić information content (AvgIpc) is 2.07. The van der Waals surface area contributed by atoms with Crippen molar-refractivity contribution in [2.45, 2.75) is 12.8 Å². The van der Waals surface area contributed by atoms with Gasteiger partial charge in [-0.3, -0.25) is 0 Å². The van der Waals surface area contributed by atoms with Gasteiger partial charge in [0.1, 0.15) is 0 Å². The molecule has 1 atom stereocenters. The second-order valence-corrected chi connectivity index (χ2v) is 4.92. The molecule has 0 aliphatic carbocycles. The number of aryl methyl sites for hydroxylation is 1. The lowest BCUT2D eigenvalue weighted by molar-refractivity contribution is 0.933. The highest BCUT2D eigenvalue weighted by molar-refractivity contribution is 9.36. The molecule has 1 aromatic carbocycles. The summed E-state index contributed by atoms with van der Waals surface area (Å²) >= 11 is 3.45. The maximum absolute atomic E-state index is 3.45. The largest absolute Gasteiger partial charge is 0.0642 e. The highest BCUT2D eigenvalue weighted by Gasteiger charge is 1.89. The van der Waals surface area contributed by atoms with Crippen LogP contribution in [-0.2, 0) is 6.42 Å². The number of halogens is 1. The van der Waals surface area contributed by atoms with Crippen molar-refractivity contribution in [2.75, 3.05) is 6.16 Å². The molecule has 1 unspecified atom stereocenters. The van der Waals surface area contributed by atoms with E-state index < -0.39 is 0 Å². The van der Waals surface area contributed by atoms with E-state index in [4.69, 9.17) is 0 Å². The molecule has 0 radical (unpaired) electrons. The Kier molecular flexibility index (Phi) is 4.81. The Hall–Kier alpha value is 0.130. The average molecular weight is 231 g/mol. The Morgan fingerprint density at radius 2 is 1.91 bits per heavy atom. The summed E-state index contributed by atoms with van der Waals surface area (Å²) in [6, 6.07) is 10.7. The van der Waals surface area contributed by atoms with Crippen LogP contribution in [0.2, 0.25) is 0 Å². The maximum Gasteiger partial charge on any atom is -0.0251 e. The van der Waals surface area contributed by atoms with E-state index in [1.54, 1.807) is 0 Å². The van der Waals surface area contributed by atoms with Crippen molar-refractivity contribution in [3.8, 4) is 0 Å². The number of hydrogen-bond donors (Lipinski definition) is 0. The second-order valence-electron chi connectivity index (χ2n) is 2.47. The lowest BCUT2D eigenvalue weighted by Crippen LogP contribution is -1.84. The van der Waals surface area contributed by atoms with Gasteiger partial charge in [0.2, 0.25) is 0 Å². The predicted octanol–water partition coefficient (Wildman–Crippen LogP) is 3.61. The smallest absolute Gasteiger partial charge is 0.0251 e. The Morgan fingerprint density at radius 1 is 1.18 bits per heavy atom. The van der Waals surface area contributed by atoms with E-state index in [0.29, 0.717) is 0 Å². The van der Waals surface area contributed by atoms with Crippen molar-refractivity contribution in [3.05, 3.63) is 35.9 Å². The van der Waals surface area contributed by atoms with Gasteiger partial charge in [-0.15, -0.1) is 0 Å². The molecule has 0 saturated heterocycles. The van der Waals surface area contributed by atoms with E-state index >= 15 is 0 Å². The fourth-order valence-corrected chi connectivity index (χ4v) is 2.16. The van der Waals surface area contributed by atoms with E-state index in [1.165, 1.54) is 24.6 Å². The number of rotatable bonds is 4. The Bertz CT molecular complexity index is 186. The van der Waals surface area contributed by atoms with Crippen LogP contribution in [0.1, 0.15) is 12.0 Å². The first-order chi connectivity index (χ1) is 5.43. The van der Waals surface area contributed by atoms with Crippen LogP contribution in [-0.4, -0.2) is 6.16 Å². The highest BCUT2D eigenvalue weighted by Crippen LogP contribution is 2.20. The van der Waals surface area contributed by atoms with E-state index in [1.807, 2.05) is 0 Å². The van der Waals surface area contributed by atoms with Crippen molar-refractivity contribution >= 4 is 22.8 Å². The summed E-state index contributed by atoms with van der Waals surface area (Å²) < 4.78 is 0. The molecule has 0 aliphatic rings. The van der Waals surface area contributed by atoms with Gasteiger partial charge in [0.25, 0.3) is 0 Å². The molecule has 2 heteroatoms. The Labute approximate surface area is 77.9 Å². The van der Waals surface area contributed by atoms with E-state index in [2.05, 4.69) is 45.8 Å². The van der Waals surface area contributed by atoms with Crippen molar-refractivity contribution < 1.29 is 0 Å². The SMILES string of the molecule is BrPCCCc1ccccc1. The van der Waals surface area contributed by atoms with Crippen LogP contribution in [0.4, 0.5) is 0 Å². The molecule has 0 aliphatic heterocycles. The molecule has 0 heterocycles. The molecule has 1 rings (SSSR count). The Balaban J connectivity index is 2.28. The minimum absolute atomic E-state index is 0.922. The van der Waals surface area contributed by atoms with Crippen LogP contribution < -0.4 is 0 Å². The third kappa shape index (κ3) is 3.88. The monoisotopic (exact) mass is 230 g/mol. The summed E-state index contributed by atoms with van der Waals surface area (Å²) in [5.41, 5.74) is 1.46. The molecule has 0 saturated carbocycles. The first-order valence-corrected chi connectivity index (χ1v) is 7.27. The lowest BCUT2D eigenvalue weighted by atomic mass is 10.1. The van der Waals surface area contributed by atoms with Crippen molar-refractivity contribution in [2.24, 2.45) is 0 Å². The van der Waals surface area contributed by atoms with Crippen molar-refractivity contribution in [1.82, 2.24) is 0 Å². The topological polar surface area (TPSA) is 0 Å². The van der Waals surface area contributed by atoms with Crippen LogP contribution in [0.15, 0.2) is 30.3 Å². The van der Waals surface area contributed by atoms with E-state index in [-0.39, 0.29) is 0 Å². The molecule has 0 bridgehead atoms. The minimum atomic E-state index is 0.922. The molecule has 60 valence electrons. The zero-order valence-corrected chi connectivity index (χ0v) is 8.97. The number of benzene rings is 1. The summed E-state index contributed by atoms with van der Waals surface area (Å²) in [4.78, 5) is 0. The summed E-state index contributed by atoms with van der Waals surface area (Å²) in [5, 5.41) is 0. The zero-order chi connectivity index (χ0) is 7.94. The van der Waals surface area contributed by atoms with Crippen molar-refractivity contribution in [3.63, 3.8) is 0 Å². The van der Waals surface area contributed by atoms with Gasteiger partial charge in [0.15, 0.2) is 0 Å². The molecule has 11 heavy (non-hydrogen) atoms. The molecular weight excluding hydrogens is 219 g/mol. The van der Waals surface area contributed by atoms with Gasteiger partial charge in [-0.25, -0.2) is 0 Å². The van der Waals surface area contributed by atoms with Gasteiger partial charge in [-0.05, 0) is 24.6 Å². The van der Waals surface area contributed by atoms with Crippen LogP contribution in [0.3, 0.4) is 0 Å². The molecular formula is C9H12BrP. The fraction of sp³-hybridized carbons (Fsp3) is 0.333. The molecule has 1 aromatic rings. The first kappa shape index (κ1) is 9.22. The summed E-state index contributed by atoms with van der Waals surface area (Å²) in [7, 11) is 0.922. The van der Waals surface area contributed by atoms with E-state index in [0.717, 1.165) is 7.28 Å². The van der Waals surface area contributed by atoms with E-state index in [9.17, 15) is 0 Å². The normalized spacial score (nSPS) is 11.0. The maximum atomic E-state index is 3.45. The van der Waals surface area contributed by atoms with Crippen LogP contribution in [0, 0.1) is 0 Å². The van der Waals surface area contributed by atoms with Crippen LogP contribution in [0.25, 0.3) is 0 Å². The number of hydrogen-bond acceptors (Lipinski definition) is 0.